The number of benzene rings is 1. The monoisotopic (exact) mass is 333 g/mol. The Morgan fingerprint density at radius 3 is 2.83 bits per heavy atom. The summed E-state index contributed by atoms with van der Waals surface area (Å²) in [5.41, 5.74) is 1.41. The van der Waals surface area contributed by atoms with E-state index >= 15 is 0 Å². The lowest BCUT2D eigenvalue weighted by molar-refractivity contribution is 0.0491. The Hall–Kier alpha value is -2.01. The molecule has 2 rings (SSSR count). The smallest absolute Gasteiger partial charge is 0.374 e. The van der Waals surface area contributed by atoms with Crippen LogP contribution in [-0.2, 0) is 4.74 Å². The van der Waals surface area contributed by atoms with E-state index in [1.807, 2.05) is 25.1 Å². The first-order valence-electron chi connectivity index (χ1n) is 8.57. The Balaban J connectivity index is 2.04. The summed E-state index contributed by atoms with van der Waals surface area (Å²) in [6.07, 6.45) is 0.921. The molecule has 0 spiro atoms. The number of esters is 1. The van der Waals surface area contributed by atoms with Gasteiger partial charge in [0.25, 0.3) is 0 Å². The number of furan rings is 1. The number of carbonyl (C=O) groups is 1. The van der Waals surface area contributed by atoms with Crippen LogP contribution in [0.15, 0.2) is 22.6 Å². The van der Waals surface area contributed by atoms with Crippen molar-refractivity contribution in [3.05, 3.63) is 29.5 Å². The molecule has 0 unspecified atom stereocenters. The van der Waals surface area contributed by atoms with Gasteiger partial charge in [-0.25, -0.2) is 4.79 Å². The third-order valence-electron chi connectivity index (χ3n) is 3.68. The molecular weight excluding hydrogens is 306 g/mol. The number of hydrogen-bond donors (Lipinski definition) is 1. The SMILES string of the molecule is CCOC(=O)c1oc2cccc(OCCCNCC(C)C)c2c1C. The highest BCUT2D eigenvalue weighted by Crippen LogP contribution is 2.33. The first-order valence-corrected chi connectivity index (χ1v) is 8.57. The van der Waals surface area contributed by atoms with Crippen LogP contribution in [-0.4, -0.2) is 32.3 Å². The molecule has 0 aliphatic rings. The standard InChI is InChI=1S/C19H27NO4/c1-5-22-19(21)18-14(4)17-15(8-6-9-16(17)24-18)23-11-7-10-20-12-13(2)3/h6,8-9,13,20H,5,7,10-12H2,1-4H3. The fraction of sp³-hybridized carbons (Fsp3) is 0.526. The molecule has 1 aromatic carbocycles. The van der Waals surface area contributed by atoms with E-state index in [1.165, 1.54) is 0 Å². The van der Waals surface area contributed by atoms with Crippen LogP contribution in [0.2, 0.25) is 0 Å². The number of aryl methyl sites for hydroxylation is 1. The van der Waals surface area contributed by atoms with Gasteiger partial charge in [0, 0.05) is 5.56 Å². The van der Waals surface area contributed by atoms with Crippen molar-refractivity contribution < 1.29 is 18.7 Å². The molecule has 5 nitrogen and oxygen atoms in total. The Morgan fingerprint density at radius 1 is 1.33 bits per heavy atom. The predicted octanol–water partition coefficient (Wildman–Crippen LogP) is 3.93. The highest BCUT2D eigenvalue weighted by Gasteiger charge is 2.21. The summed E-state index contributed by atoms with van der Waals surface area (Å²) in [7, 11) is 0. The van der Waals surface area contributed by atoms with Gasteiger partial charge in [-0.15, -0.1) is 0 Å². The van der Waals surface area contributed by atoms with Gasteiger partial charge in [0.15, 0.2) is 0 Å². The third kappa shape index (κ3) is 4.51. The van der Waals surface area contributed by atoms with E-state index in [4.69, 9.17) is 13.9 Å². The molecule has 0 bridgehead atoms. The van der Waals surface area contributed by atoms with Crippen LogP contribution in [0.25, 0.3) is 11.0 Å². The normalized spacial score (nSPS) is 11.2. The Bertz CT molecular complexity index is 675. The van der Waals surface area contributed by atoms with Gasteiger partial charge in [-0.05, 0) is 51.4 Å². The average molecular weight is 333 g/mol. The van der Waals surface area contributed by atoms with Crippen LogP contribution in [0.3, 0.4) is 0 Å². The predicted molar refractivity (Wildman–Crippen MR) is 94.7 cm³/mol. The van der Waals surface area contributed by atoms with Gasteiger partial charge in [-0.3, -0.25) is 0 Å². The molecule has 2 aromatic rings. The summed E-state index contributed by atoms with van der Waals surface area (Å²) >= 11 is 0. The van der Waals surface area contributed by atoms with Gasteiger partial charge < -0.3 is 19.2 Å². The second-order valence-electron chi connectivity index (χ2n) is 6.21. The molecule has 0 aliphatic carbocycles. The van der Waals surface area contributed by atoms with Crippen molar-refractivity contribution in [1.29, 1.82) is 0 Å². The summed E-state index contributed by atoms with van der Waals surface area (Å²) in [6.45, 7) is 10.9. The van der Waals surface area contributed by atoms with Gasteiger partial charge in [0.1, 0.15) is 11.3 Å². The van der Waals surface area contributed by atoms with Gasteiger partial charge in [0.05, 0.1) is 18.6 Å². The van der Waals surface area contributed by atoms with Crippen LogP contribution in [0.1, 0.15) is 43.3 Å². The zero-order chi connectivity index (χ0) is 17.5. The van der Waals surface area contributed by atoms with Crippen molar-refractivity contribution in [2.24, 2.45) is 5.92 Å². The Kier molecular flexibility index (Phi) is 6.67. The average Bonchev–Trinajstić information content (AvgIpc) is 2.88. The number of hydrogen-bond acceptors (Lipinski definition) is 5. The van der Waals surface area contributed by atoms with E-state index in [2.05, 4.69) is 19.2 Å². The molecule has 24 heavy (non-hydrogen) atoms. The van der Waals surface area contributed by atoms with Gasteiger partial charge in [-0.1, -0.05) is 19.9 Å². The van der Waals surface area contributed by atoms with Crippen LogP contribution >= 0.6 is 0 Å². The quantitative estimate of drug-likeness (QED) is 0.556. The molecule has 5 heteroatoms. The zero-order valence-corrected chi connectivity index (χ0v) is 15.0. The maximum absolute atomic E-state index is 12.0. The van der Waals surface area contributed by atoms with Crippen LogP contribution in [0.5, 0.6) is 5.75 Å². The molecule has 0 atom stereocenters. The van der Waals surface area contributed by atoms with Crippen molar-refractivity contribution >= 4 is 16.9 Å². The van der Waals surface area contributed by atoms with Crippen LogP contribution < -0.4 is 10.1 Å². The van der Waals surface area contributed by atoms with E-state index in [0.29, 0.717) is 24.7 Å². The fourth-order valence-electron chi connectivity index (χ4n) is 2.55. The number of rotatable bonds is 9. The van der Waals surface area contributed by atoms with Gasteiger partial charge in [-0.2, -0.15) is 0 Å². The van der Waals surface area contributed by atoms with E-state index in [1.54, 1.807) is 6.92 Å². The molecule has 0 fully saturated rings. The number of nitrogens with one attached hydrogen (secondary N) is 1. The van der Waals surface area contributed by atoms with Crippen LogP contribution in [0, 0.1) is 12.8 Å². The molecule has 0 aliphatic heterocycles. The van der Waals surface area contributed by atoms with E-state index in [0.717, 1.165) is 36.2 Å². The first kappa shape index (κ1) is 18.3. The minimum Gasteiger partial charge on any atom is -0.493 e. The Morgan fingerprint density at radius 2 is 2.12 bits per heavy atom. The summed E-state index contributed by atoms with van der Waals surface area (Å²) in [6, 6.07) is 5.61. The number of fused-ring (bicyclic) bond motifs is 1. The van der Waals surface area contributed by atoms with E-state index < -0.39 is 5.97 Å². The second kappa shape index (κ2) is 8.73. The van der Waals surface area contributed by atoms with Crippen molar-refractivity contribution in [1.82, 2.24) is 5.32 Å². The Labute approximate surface area is 143 Å². The summed E-state index contributed by atoms with van der Waals surface area (Å²) in [5.74, 6) is 1.21. The largest absolute Gasteiger partial charge is 0.493 e. The second-order valence-corrected chi connectivity index (χ2v) is 6.21. The number of carbonyl (C=O) groups excluding carboxylic acids is 1. The first-order chi connectivity index (χ1) is 11.5. The summed E-state index contributed by atoms with van der Waals surface area (Å²) < 4.78 is 16.6. The maximum atomic E-state index is 12.0. The molecular formula is C19H27NO4. The number of ether oxygens (including phenoxy) is 2. The van der Waals surface area contributed by atoms with Crippen molar-refractivity contribution in [3.8, 4) is 5.75 Å². The summed E-state index contributed by atoms with van der Waals surface area (Å²) in [4.78, 5) is 12.0. The lowest BCUT2D eigenvalue weighted by atomic mass is 10.1. The molecule has 0 amide bonds. The topological polar surface area (TPSA) is 60.7 Å². The van der Waals surface area contributed by atoms with Crippen molar-refractivity contribution in [2.75, 3.05) is 26.3 Å². The minimum atomic E-state index is -0.435. The van der Waals surface area contributed by atoms with E-state index in [-0.39, 0.29) is 5.76 Å². The molecule has 1 aromatic heterocycles. The molecule has 0 saturated carbocycles. The van der Waals surface area contributed by atoms with Crippen LogP contribution in [0.4, 0.5) is 0 Å². The summed E-state index contributed by atoms with van der Waals surface area (Å²) in [5, 5.41) is 4.24. The molecule has 1 heterocycles. The van der Waals surface area contributed by atoms with Crippen molar-refractivity contribution in [3.63, 3.8) is 0 Å². The molecule has 1 N–H and O–H groups in total. The van der Waals surface area contributed by atoms with Gasteiger partial charge >= 0.3 is 5.97 Å². The highest BCUT2D eigenvalue weighted by atomic mass is 16.5. The zero-order valence-electron chi connectivity index (χ0n) is 15.0. The van der Waals surface area contributed by atoms with Gasteiger partial charge in [0.2, 0.25) is 5.76 Å². The lowest BCUT2D eigenvalue weighted by Gasteiger charge is -2.09. The molecule has 0 radical (unpaired) electrons. The molecule has 132 valence electrons. The highest BCUT2D eigenvalue weighted by molar-refractivity contribution is 5.98. The maximum Gasteiger partial charge on any atom is 0.374 e. The minimum absolute atomic E-state index is 0.251. The fourth-order valence-corrected chi connectivity index (χ4v) is 2.55. The van der Waals surface area contributed by atoms with Crippen molar-refractivity contribution in [2.45, 2.75) is 34.1 Å². The molecule has 0 saturated heterocycles. The lowest BCUT2D eigenvalue weighted by Crippen LogP contribution is -2.22. The van der Waals surface area contributed by atoms with E-state index in [9.17, 15) is 4.79 Å². The third-order valence-corrected chi connectivity index (χ3v) is 3.68.